The molecular weight excluding hydrogens is 799 g/mol. The van der Waals surface area contributed by atoms with Crippen molar-refractivity contribution >= 4 is 13.8 Å². The number of allylic oxidation sites excluding steroid dienone is 6. The molecule has 6 N–H and O–H groups in total. The van der Waals surface area contributed by atoms with E-state index in [9.17, 15) is 39.8 Å². The molecule has 0 heterocycles. The van der Waals surface area contributed by atoms with E-state index in [2.05, 4.69) is 50.3 Å². The van der Waals surface area contributed by atoms with Crippen molar-refractivity contribution < 1.29 is 58.3 Å². The average molecular weight is 889 g/mol. The van der Waals surface area contributed by atoms with Crippen LogP contribution in [0.4, 0.5) is 0 Å². The summed E-state index contributed by atoms with van der Waals surface area (Å²) in [5, 5.41) is 50.2. The molecule has 1 saturated carbocycles. The van der Waals surface area contributed by atoms with Crippen molar-refractivity contribution in [1.29, 1.82) is 0 Å². The number of hydrogen-bond acceptors (Lipinski definition) is 11. The Morgan fingerprint density at radius 2 is 0.951 bits per heavy atom. The lowest BCUT2D eigenvalue weighted by atomic mass is 9.85. The summed E-state index contributed by atoms with van der Waals surface area (Å²) in [4.78, 5) is 23.2. The first-order chi connectivity index (χ1) is 29.5. The van der Waals surface area contributed by atoms with E-state index in [1.54, 1.807) is 0 Å². The SMILES string of the molecule is CCC/C=C\CCCCCCCCOCC(COP(=O)(O)OC1C(O)C(O)C(O)C(O)C1O)OC(=O)CCCCCCCCCCCCC/C=C\C/C=C\CCCCCCC. The third kappa shape index (κ3) is 31.1. The molecule has 13 heteroatoms. The summed E-state index contributed by atoms with van der Waals surface area (Å²) in [6.45, 7) is 4.18. The second kappa shape index (κ2) is 39.0. The molecule has 6 atom stereocenters. The van der Waals surface area contributed by atoms with Crippen LogP contribution in [0.5, 0.6) is 0 Å². The lowest BCUT2D eigenvalue weighted by Crippen LogP contribution is -2.64. The first-order valence-corrected chi connectivity index (χ1v) is 25.8. The molecule has 0 aromatic rings. The highest BCUT2D eigenvalue weighted by Crippen LogP contribution is 2.47. The fraction of sp³-hybridized carbons (Fsp3) is 0.854. The molecule has 1 aliphatic rings. The van der Waals surface area contributed by atoms with Crippen molar-refractivity contribution in [3.05, 3.63) is 36.5 Å². The Morgan fingerprint density at radius 3 is 1.46 bits per heavy atom. The predicted molar refractivity (Wildman–Crippen MR) is 244 cm³/mol. The molecule has 1 aliphatic carbocycles. The van der Waals surface area contributed by atoms with Gasteiger partial charge in [0.25, 0.3) is 0 Å². The molecule has 358 valence electrons. The Labute approximate surface area is 370 Å². The second-order valence-electron chi connectivity index (χ2n) is 17.0. The molecule has 0 amide bonds. The number of ether oxygens (including phenoxy) is 2. The van der Waals surface area contributed by atoms with Crippen molar-refractivity contribution in [3.63, 3.8) is 0 Å². The van der Waals surface area contributed by atoms with Gasteiger partial charge in [0.2, 0.25) is 0 Å². The highest BCUT2D eigenvalue weighted by molar-refractivity contribution is 7.47. The number of rotatable bonds is 41. The zero-order valence-electron chi connectivity index (χ0n) is 38.2. The first kappa shape index (κ1) is 57.6. The molecule has 0 radical (unpaired) electrons. The number of phosphoric acid groups is 1. The number of phosphoric ester groups is 1. The van der Waals surface area contributed by atoms with Gasteiger partial charge in [-0.25, -0.2) is 4.57 Å². The van der Waals surface area contributed by atoms with Crippen molar-refractivity contribution in [2.24, 2.45) is 0 Å². The van der Waals surface area contributed by atoms with E-state index in [1.807, 2.05) is 0 Å². The van der Waals surface area contributed by atoms with Gasteiger partial charge in [-0.15, -0.1) is 0 Å². The fourth-order valence-electron chi connectivity index (χ4n) is 7.33. The molecule has 12 nitrogen and oxygen atoms in total. The molecule has 0 aromatic heterocycles. The van der Waals surface area contributed by atoms with Crippen LogP contribution < -0.4 is 0 Å². The number of esters is 1. The van der Waals surface area contributed by atoms with Crippen LogP contribution in [0.1, 0.15) is 200 Å². The maximum absolute atomic E-state index is 12.8. The van der Waals surface area contributed by atoms with Crippen LogP contribution in [0.15, 0.2) is 36.5 Å². The second-order valence-corrected chi connectivity index (χ2v) is 18.4. The fourth-order valence-corrected chi connectivity index (χ4v) is 8.30. The third-order valence-electron chi connectivity index (χ3n) is 11.2. The summed E-state index contributed by atoms with van der Waals surface area (Å²) in [6, 6.07) is 0. The van der Waals surface area contributed by atoms with Gasteiger partial charge in [-0.05, 0) is 64.2 Å². The Balaban J connectivity index is 2.31. The zero-order valence-corrected chi connectivity index (χ0v) is 39.1. The number of aliphatic hydroxyl groups is 5. The summed E-state index contributed by atoms with van der Waals surface area (Å²) in [5.74, 6) is -0.482. The molecule has 0 bridgehead atoms. The number of unbranched alkanes of at least 4 members (excludes halogenated alkanes) is 23. The normalized spacial score (nSPS) is 22.4. The van der Waals surface area contributed by atoms with E-state index in [-0.39, 0.29) is 13.0 Å². The van der Waals surface area contributed by atoms with E-state index in [0.29, 0.717) is 13.0 Å². The summed E-state index contributed by atoms with van der Waals surface area (Å²) in [7, 11) is -5.02. The van der Waals surface area contributed by atoms with Gasteiger partial charge in [0, 0.05) is 13.0 Å². The Hall–Kier alpha value is -1.44. The lowest BCUT2D eigenvalue weighted by Gasteiger charge is -2.41. The maximum Gasteiger partial charge on any atom is 0.472 e. The molecule has 0 saturated heterocycles. The minimum atomic E-state index is -5.02. The van der Waals surface area contributed by atoms with Gasteiger partial charge in [-0.2, -0.15) is 0 Å². The van der Waals surface area contributed by atoms with E-state index < -0.39 is 63.1 Å². The van der Waals surface area contributed by atoms with E-state index in [0.717, 1.165) is 64.2 Å². The lowest BCUT2D eigenvalue weighted by molar-refractivity contribution is -0.220. The molecule has 1 fully saturated rings. The monoisotopic (exact) mass is 889 g/mol. The Bertz CT molecular complexity index is 1150. The number of aliphatic hydroxyl groups excluding tert-OH is 5. The van der Waals surface area contributed by atoms with Gasteiger partial charge >= 0.3 is 13.8 Å². The van der Waals surface area contributed by atoms with Gasteiger partial charge in [0.15, 0.2) is 0 Å². The van der Waals surface area contributed by atoms with E-state index >= 15 is 0 Å². The minimum absolute atomic E-state index is 0.0810. The zero-order chi connectivity index (χ0) is 44.8. The molecule has 61 heavy (non-hydrogen) atoms. The van der Waals surface area contributed by atoms with Crippen LogP contribution in [0, 0.1) is 0 Å². The molecule has 0 aliphatic heterocycles. The molecule has 1 rings (SSSR count). The first-order valence-electron chi connectivity index (χ1n) is 24.3. The summed E-state index contributed by atoms with van der Waals surface area (Å²) in [5.41, 5.74) is 0. The third-order valence-corrected chi connectivity index (χ3v) is 12.2. The van der Waals surface area contributed by atoms with Crippen molar-refractivity contribution in [2.45, 2.75) is 243 Å². The van der Waals surface area contributed by atoms with Crippen LogP contribution in [-0.4, -0.2) is 98.9 Å². The van der Waals surface area contributed by atoms with Crippen LogP contribution >= 0.6 is 7.82 Å². The van der Waals surface area contributed by atoms with Gasteiger partial charge in [0.05, 0.1) is 13.2 Å². The highest BCUT2D eigenvalue weighted by Gasteiger charge is 2.51. The number of hydrogen-bond donors (Lipinski definition) is 6. The standard InChI is InChI=1S/C48H89O12P/c1-3-5-7-9-11-13-15-16-17-18-19-20-21-22-23-24-25-26-27-29-31-33-35-37-42(49)59-41(39-57-38-36-34-32-30-28-14-12-10-8-6-4-2)40-58-61(55,56)60-48-46(53)44(51)43(50)45(52)47(48)54/h8,10,15-16,18-19,41,43-48,50-54H,3-7,9,11-14,17,20-40H2,1-2H3,(H,55,56)/b10-8-,16-15-,19-18-. The smallest absolute Gasteiger partial charge is 0.457 e. The number of carbonyl (C=O) groups excluding carboxylic acids is 1. The van der Waals surface area contributed by atoms with Crippen LogP contribution in [0.2, 0.25) is 0 Å². The molecule has 0 aromatic carbocycles. The van der Waals surface area contributed by atoms with Crippen molar-refractivity contribution in [3.8, 4) is 0 Å². The van der Waals surface area contributed by atoms with E-state index in [4.69, 9.17) is 18.5 Å². The van der Waals surface area contributed by atoms with Crippen molar-refractivity contribution in [2.75, 3.05) is 19.8 Å². The Kier molecular flexibility index (Phi) is 36.8. The largest absolute Gasteiger partial charge is 0.472 e. The number of carbonyl (C=O) groups is 1. The topological polar surface area (TPSA) is 192 Å². The van der Waals surface area contributed by atoms with Gasteiger partial charge < -0.3 is 39.9 Å². The molecular formula is C48H89O12P. The quantitative estimate of drug-likeness (QED) is 0.0148. The summed E-state index contributed by atoms with van der Waals surface area (Å²) < 4.78 is 34.2. The van der Waals surface area contributed by atoms with Gasteiger partial charge in [-0.1, -0.05) is 166 Å². The highest BCUT2D eigenvalue weighted by atomic mass is 31.2. The summed E-state index contributed by atoms with van der Waals surface area (Å²) in [6.07, 6.45) is 33.6. The molecule has 0 spiro atoms. The van der Waals surface area contributed by atoms with Gasteiger partial charge in [0.1, 0.15) is 42.7 Å². The summed E-state index contributed by atoms with van der Waals surface area (Å²) >= 11 is 0. The average Bonchev–Trinajstić information content (AvgIpc) is 3.24. The minimum Gasteiger partial charge on any atom is -0.457 e. The predicted octanol–water partition coefficient (Wildman–Crippen LogP) is 10.3. The maximum atomic E-state index is 12.8. The Morgan fingerprint density at radius 1 is 0.525 bits per heavy atom. The van der Waals surface area contributed by atoms with Crippen LogP contribution in [-0.2, 0) is 27.9 Å². The molecule has 6 unspecified atom stereocenters. The van der Waals surface area contributed by atoms with Crippen LogP contribution in [0.3, 0.4) is 0 Å². The van der Waals surface area contributed by atoms with Gasteiger partial charge in [-0.3, -0.25) is 13.8 Å². The van der Waals surface area contributed by atoms with Crippen LogP contribution in [0.25, 0.3) is 0 Å². The van der Waals surface area contributed by atoms with Crippen molar-refractivity contribution in [1.82, 2.24) is 0 Å². The van der Waals surface area contributed by atoms with E-state index in [1.165, 1.54) is 109 Å².